The lowest BCUT2D eigenvalue weighted by molar-refractivity contribution is 0.436. The molecule has 2 aromatic heterocycles. The Labute approximate surface area is 380 Å². The third-order valence-electron chi connectivity index (χ3n) is 13.7. The number of hydrogen-bond donors (Lipinski definition) is 0. The summed E-state index contributed by atoms with van der Waals surface area (Å²) >= 11 is 0. The van der Waals surface area contributed by atoms with Crippen molar-refractivity contribution in [2.75, 3.05) is 9.80 Å². The highest BCUT2D eigenvalue weighted by atomic mass is 16.5. The molecule has 1 aliphatic heterocycles. The number of rotatable bonds is 6. The minimum absolute atomic E-state index is 0.588. The monoisotopic (exact) mass is 846 g/mol. The van der Waals surface area contributed by atoms with E-state index in [-0.39, 0.29) is 0 Å². The Morgan fingerprint density at radius 3 is 1.56 bits per heavy atom. The average molecular weight is 847 g/mol. The lowest BCUT2D eigenvalue weighted by Gasteiger charge is -2.39. The van der Waals surface area contributed by atoms with Crippen LogP contribution in [0.2, 0.25) is 0 Å². The molecule has 0 unspecified atom stereocenters. The summed E-state index contributed by atoms with van der Waals surface area (Å²) in [7, 11) is 0. The number of ether oxygens (including phenoxy) is 1. The number of benzene rings is 10. The molecule has 0 atom stereocenters. The third-order valence-corrected chi connectivity index (χ3v) is 13.7. The van der Waals surface area contributed by atoms with E-state index in [0.29, 0.717) is 0 Å². The van der Waals surface area contributed by atoms with Crippen LogP contribution in [0, 0.1) is 0 Å². The summed E-state index contributed by atoms with van der Waals surface area (Å²) in [6.07, 6.45) is 0. The first kappa shape index (κ1) is 36.7. The van der Waals surface area contributed by atoms with Gasteiger partial charge in [-0.25, -0.2) is 0 Å². The largest absolute Gasteiger partial charge is 0.457 e. The first-order valence-corrected chi connectivity index (χ1v) is 22.4. The standard InChI is InChI=1S/C61H38N2O3/c1-3-17-39(18-4-1)62(40-19-5-2-6-20-40)43-37-53(60-46-23-9-14-28-55(46)65-59(60)38-43)63(42-32-34-56-48(36-42)45-22-8-13-27-54(45)64-56)41-31-33-50-47(35-41)44-21-7-10-24-49(44)61(50)51-25-11-15-29-57(51)66-58-30-16-12-26-52(58)61/h1-38H. The quantitative estimate of drug-likeness (QED) is 0.167. The van der Waals surface area contributed by atoms with Crippen molar-refractivity contribution in [3.05, 3.63) is 253 Å². The van der Waals surface area contributed by atoms with Crippen LogP contribution in [0.25, 0.3) is 55.0 Å². The van der Waals surface area contributed by atoms with Gasteiger partial charge in [-0.15, -0.1) is 0 Å². The molecule has 66 heavy (non-hydrogen) atoms. The molecule has 0 fully saturated rings. The highest BCUT2D eigenvalue weighted by Crippen LogP contribution is 2.63. The van der Waals surface area contributed by atoms with E-state index in [9.17, 15) is 0 Å². The zero-order chi connectivity index (χ0) is 43.3. The summed E-state index contributed by atoms with van der Waals surface area (Å²) in [6.45, 7) is 0. The summed E-state index contributed by atoms with van der Waals surface area (Å²) in [5, 5.41) is 4.19. The molecule has 2 aliphatic rings. The molecular formula is C61H38N2O3. The average Bonchev–Trinajstić information content (AvgIpc) is 4.03. The van der Waals surface area contributed by atoms with E-state index >= 15 is 0 Å². The minimum atomic E-state index is -0.588. The van der Waals surface area contributed by atoms with E-state index in [4.69, 9.17) is 13.6 Å². The second-order valence-electron chi connectivity index (χ2n) is 17.2. The fraction of sp³-hybridized carbons (Fsp3) is 0.0164. The Bertz CT molecular complexity index is 3800. The molecular weight excluding hydrogens is 809 g/mol. The molecule has 14 rings (SSSR count). The van der Waals surface area contributed by atoms with Gasteiger partial charge >= 0.3 is 0 Å². The van der Waals surface area contributed by atoms with Gasteiger partial charge in [-0.05, 0) is 107 Å². The van der Waals surface area contributed by atoms with E-state index in [1.807, 2.05) is 18.2 Å². The smallest absolute Gasteiger partial charge is 0.139 e. The summed E-state index contributed by atoms with van der Waals surface area (Å²) in [5.74, 6) is 1.75. The Kier molecular flexibility index (Phi) is 7.83. The molecule has 0 radical (unpaired) electrons. The van der Waals surface area contributed by atoms with Gasteiger partial charge in [-0.1, -0.05) is 140 Å². The van der Waals surface area contributed by atoms with Crippen LogP contribution in [0.15, 0.2) is 239 Å². The SMILES string of the molecule is c1ccc(N(c2ccccc2)c2cc(N(c3ccc4c(c3)-c3ccccc3C43c4ccccc4Oc4ccccc43)c3ccc4oc5ccccc5c4c3)c3c(c2)oc2ccccc23)cc1. The maximum Gasteiger partial charge on any atom is 0.139 e. The van der Waals surface area contributed by atoms with Gasteiger partial charge in [-0.2, -0.15) is 0 Å². The fourth-order valence-corrected chi connectivity index (χ4v) is 11.0. The zero-order valence-corrected chi connectivity index (χ0v) is 35.6. The van der Waals surface area contributed by atoms with Crippen molar-refractivity contribution in [2.45, 2.75) is 5.41 Å². The lowest BCUT2D eigenvalue weighted by atomic mass is 9.66. The molecule has 1 aliphatic carbocycles. The van der Waals surface area contributed by atoms with Crippen molar-refractivity contribution >= 4 is 78.0 Å². The third kappa shape index (κ3) is 5.22. The number of furan rings is 2. The van der Waals surface area contributed by atoms with E-state index in [0.717, 1.165) is 101 Å². The van der Waals surface area contributed by atoms with Gasteiger partial charge in [0.25, 0.3) is 0 Å². The lowest BCUT2D eigenvalue weighted by Crippen LogP contribution is -2.32. The van der Waals surface area contributed by atoms with Crippen molar-refractivity contribution in [2.24, 2.45) is 0 Å². The highest BCUT2D eigenvalue weighted by Gasteiger charge is 2.51. The molecule has 0 saturated carbocycles. The number of nitrogens with zero attached hydrogens (tertiary/aromatic N) is 2. The van der Waals surface area contributed by atoms with E-state index < -0.39 is 5.41 Å². The number of hydrogen-bond acceptors (Lipinski definition) is 5. The molecule has 12 aromatic rings. The van der Waals surface area contributed by atoms with Crippen LogP contribution >= 0.6 is 0 Å². The number of para-hydroxylation sites is 6. The summed E-state index contributed by atoms with van der Waals surface area (Å²) in [6, 6.07) is 81.9. The minimum Gasteiger partial charge on any atom is -0.457 e. The summed E-state index contributed by atoms with van der Waals surface area (Å²) in [4.78, 5) is 4.73. The summed E-state index contributed by atoms with van der Waals surface area (Å²) < 4.78 is 20.0. The first-order chi connectivity index (χ1) is 32.7. The predicted molar refractivity (Wildman–Crippen MR) is 268 cm³/mol. The topological polar surface area (TPSA) is 42.0 Å². The van der Waals surface area contributed by atoms with Gasteiger partial charge in [0.1, 0.15) is 33.8 Å². The van der Waals surface area contributed by atoms with Crippen LogP contribution in [0.5, 0.6) is 11.5 Å². The predicted octanol–water partition coefficient (Wildman–Crippen LogP) is 16.9. The fourth-order valence-electron chi connectivity index (χ4n) is 11.0. The van der Waals surface area contributed by atoms with Gasteiger partial charge in [0, 0.05) is 56.1 Å². The molecule has 0 bridgehead atoms. The molecule has 5 heteroatoms. The first-order valence-electron chi connectivity index (χ1n) is 22.4. The van der Waals surface area contributed by atoms with Crippen molar-refractivity contribution in [3.8, 4) is 22.6 Å². The van der Waals surface area contributed by atoms with Gasteiger partial charge in [-0.3, -0.25) is 0 Å². The zero-order valence-electron chi connectivity index (χ0n) is 35.6. The maximum absolute atomic E-state index is 6.88. The van der Waals surface area contributed by atoms with Crippen molar-refractivity contribution in [1.29, 1.82) is 0 Å². The molecule has 3 heterocycles. The van der Waals surface area contributed by atoms with Crippen LogP contribution in [0.1, 0.15) is 22.3 Å². The molecule has 0 N–H and O–H groups in total. The molecule has 0 amide bonds. The van der Waals surface area contributed by atoms with Gasteiger partial charge < -0.3 is 23.4 Å². The molecule has 310 valence electrons. The van der Waals surface area contributed by atoms with Crippen LogP contribution in [-0.2, 0) is 5.41 Å². The summed E-state index contributed by atoms with van der Waals surface area (Å²) in [5.41, 5.74) is 15.9. The van der Waals surface area contributed by atoms with Gasteiger partial charge in [0.05, 0.1) is 22.2 Å². The Morgan fingerprint density at radius 1 is 0.303 bits per heavy atom. The Balaban J connectivity index is 1.08. The normalized spacial score (nSPS) is 13.1. The second-order valence-corrected chi connectivity index (χ2v) is 17.2. The molecule has 0 saturated heterocycles. The molecule has 5 nitrogen and oxygen atoms in total. The van der Waals surface area contributed by atoms with Crippen LogP contribution in [-0.4, -0.2) is 0 Å². The van der Waals surface area contributed by atoms with Crippen LogP contribution < -0.4 is 14.5 Å². The molecule has 1 spiro atoms. The van der Waals surface area contributed by atoms with Crippen molar-refractivity contribution in [3.63, 3.8) is 0 Å². The van der Waals surface area contributed by atoms with Gasteiger partial charge in [0.2, 0.25) is 0 Å². The Morgan fingerprint density at radius 2 is 0.833 bits per heavy atom. The van der Waals surface area contributed by atoms with Gasteiger partial charge in [0.15, 0.2) is 0 Å². The van der Waals surface area contributed by atoms with E-state index in [1.54, 1.807) is 0 Å². The van der Waals surface area contributed by atoms with Crippen LogP contribution in [0.3, 0.4) is 0 Å². The number of anilines is 6. The van der Waals surface area contributed by atoms with Crippen molar-refractivity contribution in [1.82, 2.24) is 0 Å². The second kappa shape index (κ2) is 14.1. The van der Waals surface area contributed by atoms with E-state index in [1.165, 1.54) is 22.3 Å². The number of fused-ring (bicyclic) bond motifs is 15. The van der Waals surface area contributed by atoms with E-state index in [2.05, 4.69) is 222 Å². The highest BCUT2D eigenvalue weighted by molar-refractivity contribution is 6.16. The maximum atomic E-state index is 6.88. The molecule has 10 aromatic carbocycles. The van der Waals surface area contributed by atoms with Crippen LogP contribution in [0.4, 0.5) is 34.1 Å². The Hall–Kier alpha value is -8.80. The van der Waals surface area contributed by atoms with Crippen molar-refractivity contribution < 1.29 is 13.6 Å².